The van der Waals surface area contributed by atoms with Gasteiger partial charge in [-0.2, -0.15) is 0 Å². The van der Waals surface area contributed by atoms with E-state index in [9.17, 15) is 19.2 Å². The molecule has 2 rings (SSSR count). The molecule has 11 nitrogen and oxygen atoms in total. The molecule has 0 bridgehead atoms. The molecule has 218 valence electrons. The van der Waals surface area contributed by atoms with Crippen molar-refractivity contribution in [3.8, 4) is 11.5 Å². The van der Waals surface area contributed by atoms with E-state index < -0.39 is 48.7 Å². The molecule has 1 saturated carbocycles. The zero-order chi connectivity index (χ0) is 29.1. The number of rotatable bonds is 11. The quantitative estimate of drug-likeness (QED) is 0.228. The van der Waals surface area contributed by atoms with E-state index in [4.69, 9.17) is 34.2 Å². The molecule has 1 aliphatic carbocycles. The normalized spacial score (nSPS) is 16.1. The van der Waals surface area contributed by atoms with E-state index in [2.05, 4.69) is 0 Å². The van der Waals surface area contributed by atoms with Crippen molar-refractivity contribution in [3.05, 3.63) is 23.8 Å². The van der Waals surface area contributed by atoms with Crippen molar-refractivity contribution in [3.63, 3.8) is 0 Å². The molecule has 0 spiro atoms. The molecular weight excluding hydrogens is 510 g/mol. The number of carbonyl (C=O) groups is 4. The molecule has 0 unspecified atom stereocenters. The first-order chi connectivity index (χ1) is 18.3. The number of carbonyl (C=O) groups excluding carboxylic acids is 4. The van der Waals surface area contributed by atoms with E-state index >= 15 is 0 Å². The molecule has 1 aliphatic rings. The lowest BCUT2D eigenvalue weighted by molar-refractivity contribution is -0.169. The smallest absolute Gasteiger partial charge is 0.459 e. The largest absolute Gasteiger partial charge is 0.514 e. The minimum Gasteiger partial charge on any atom is -0.459 e. The monoisotopic (exact) mass is 551 g/mol. The summed E-state index contributed by atoms with van der Waals surface area (Å²) in [4.78, 5) is 49.2. The molecule has 0 aliphatic heterocycles. The van der Waals surface area contributed by atoms with E-state index in [-0.39, 0.29) is 29.8 Å². The molecule has 0 aromatic heterocycles. The number of nitrogens with two attached hydrogens (primary N) is 1. The van der Waals surface area contributed by atoms with E-state index in [1.807, 2.05) is 0 Å². The van der Waals surface area contributed by atoms with Crippen molar-refractivity contribution in [1.82, 2.24) is 0 Å². The van der Waals surface area contributed by atoms with Crippen LogP contribution in [0.25, 0.3) is 0 Å². The van der Waals surface area contributed by atoms with Crippen LogP contribution in [0.4, 0.5) is 9.59 Å². The maximum atomic E-state index is 12.7. The lowest BCUT2D eigenvalue weighted by Crippen LogP contribution is -2.40. The summed E-state index contributed by atoms with van der Waals surface area (Å²) in [7, 11) is 0. The summed E-state index contributed by atoms with van der Waals surface area (Å²) < 4.78 is 31.4. The fraction of sp³-hybridized carbons (Fsp3) is 0.643. The maximum absolute atomic E-state index is 12.7. The van der Waals surface area contributed by atoms with Crippen molar-refractivity contribution < 1.29 is 47.6 Å². The van der Waals surface area contributed by atoms with Gasteiger partial charge < -0.3 is 34.2 Å². The highest BCUT2D eigenvalue weighted by atomic mass is 16.7. The van der Waals surface area contributed by atoms with Gasteiger partial charge in [-0.15, -0.1) is 0 Å². The number of esters is 2. The summed E-state index contributed by atoms with van der Waals surface area (Å²) in [6, 6.07) is 3.29. The van der Waals surface area contributed by atoms with Gasteiger partial charge in [-0.25, -0.2) is 9.59 Å². The van der Waals surface area contributed by atoms with Crippen LogP contribution in [0.15, 0.2) is 18.2 Å². The fourth-order valence-electron chi connectivity index (χ4n) is 3.87. The Morgan fingerprint density at radius 3 is 1.87 bits per heavy atom. The Bertz CT molecular complexity index is 987. The highest BCUT2D eigenvalue weighted by Crippen LogP contribution is 2.30. The van der Waals surface area contributed by atoms with Crippen LogP contribution in [0.5, 0.6) is 11.5 Å². The van der Waals surface area contributed by atoms with E-state index in [0.29, 0.717) is 5.56 Å². The number of hydrogen-bond donors (Lipinski definition) is 1. The Labute approximate surface area is 229 Å². The summed E-state index contributed by atoms with van der Waals surface area (Å²) in [6.45, 7) is 9.93. The first-order valence-corrected chi connectivity index (χ1v) is 13.4. The predicted octanol–water partition coefficient (Wildman–Crippen LogP) is 4.85. The van der Waals surface area contributed by atoms with E-state index in [1.165, 1.54) is 12.1 Å². The predicted molar refractivity (Wildman–Crippen MR) is 140 cm³/mol. The third-order valence-corrected chi connectivity index (χ3v) is 6.02. The van der Waals surface area contributed by atoms with Gasteiger partial charge in [0.15, 0.2) is 11.5 Å². The third kappa shape index (κ3) is 11.1. The molecule has 1 fully saturated rings. The molecule has 3 atom stereocenters. The van der Waals surface area contributed by atoms with Gasteiger partial charge in [0.1, 0.15) is 18.2 Å². The molecule has 0 saturated heterocycles. The second-order valence-electron chi connectivity index (χ2n) is 10.2. The Morgan fingerprint density at radius 2 is 1.31 bits per heavy atom. The van der Waals surface area contributed by atoms with Crippen molar-refractivity contribution in [1.29, 1.82) is 0 Å². The van der Waals surface area contributed by atoms with Crippen molar-refractivity contribution in [2.45, 2.75) is 111 Å². The zero-order valence-electron chi connectivity index (χ0n) is 23.6. The van der Waals surface area contributed by atoms with Gasteiger partial charge in [0.25, 0.3) is 0 Å². The van der Waals surface area contributed by atoms with Gasteiger partial charge in [0.2, 0.25) is 0 Å². The molecule has 0 amide bonds. The lowest BCUT2D eigenvalue weighted by Gasteiger charge is -2.26. The van der Waals surface area contributed by atoms with Crippen LogP contribution in [-0.4, -0.2) is 54.7 Å². The van der Waals surface area contributed by atoms with Crippen molar-refractivity contribution in [2.75, 3.05) is 0 Å². The van der Waals surface area contributed by atoms with Crippen LogP contribution >= 0.6 is 0 Å². The molecule has 1 aromatic rings. The van der Waals surface area contributed by atoms with Crippen LogP contribution in [0, 0.1) is 5.92 Å². The van der Waals surface area contributed by atoms with Crippen LogP contribution in [-0.2, 0) is 35.0 Å². The summed E-state index contributed by atoms with van der Waals surface area (Å²) >= 11 is 0. The number of ether oxygens (including phenoxy) is 6. The standard InChI is InChI=1S/C28H41NO10/c1-16(2)34-27(32)38-23-13-12-20(15-24(23)39-28(33)35-17(3)4)14-22(29)26(31)37-19(6)18(5)36-25(30)21-10-8-7-9-11-21/h12-13,15-19,21-22H,7-11,14,29H2,1-6H3/t18-,19-,22-/m0/s1. The van der Waals surface area contributed by atoms with Crippen LogP contribution < -0.4 is 15.2 Å². The van der Waals surface area contributed by atoms with Crippen LogP contribution in [0.1, 0.15) is 79.2 Å². The number of benzene rings is 1. The molecule has 1 aromatic carbocycles. The SMILES string of the molecule is CC(C)OC(=O)Oc1ccc(C[C@H](N)C(=O)O[C@@H](C)[C@H](C)OC(=O)C2CCCCC2)cc1OC(=O)OC(C)C. The van der Waals surface area contributed by atoms with Crippen molar-refractivity contribution >= 4 is 24.2 Å². The zero-order valence-corrected chi connectivity index (χ0v) is 23.6. The lowest BCUT2D eigenvalue weighted by atomic mass is 9.89. The second-order valence-corrected chi connectivity index (χ2v) is 10.2. The minimum atomic E-state index is -1.07. The van der Waals surface area contributed by atoms with Gasteiger partial charge in [-0.05, 0) is 78.5 Å². The Kier molecular flexibility index (Phi) is 12.5. The third-order valence-electron chi connectivity index (χ3n) is 6.02. The molecule has 39 heavy (non-hydrogen) atoms. The minimum absolute atomic E-state index is 0.0219. The highest BCUT2D eigenvalue weighted by molar-refractivity contribution is 5.76. The van der Waals surface area contributed by atoms with Gasteiger partial charge >= 0.3 is 24.2 Å². The highest BCUT2D eigenvalue weighted by Gasteiger charge is 2.28. The van der Waals surface area contributed by atoms with Crippen molar-refractivity contribution in [2.24, 2.45) is 11.7 Å². The molecule has 2 N–H and O–H groups in total. The molecular formula is C28H41NO10. The van der Waals surface area contributed by atoms with E-state index in [1.54, 1.807) is 47.6 Å². The average Bonchev–Trinajstić information content (AvgIpc) is 2.84. The Balaban J connectivity index is 2.02. The Morgan fingerprint density at radius 1 is 0.769 bits per heavy atom. The summed E-state index contributed by atoms with van der Waals surface area (Å²) in [5.41, 5.74) is 6.59. The summed E-state index contributed by atoms with van der Waals surface area (Å²) in [5.74, 6) is -1.26. The van der Waals surface area contributed by atoms with Crippen LogP contribution in [0.3, 0.4) is 0 Å². The molecule has 0 radical (unpaired) electrons. The van der Waals surface area contributed by atoms with Crippen LogP contribution in [0.2, 0.25) is 0 Å². The average molecular weight is 552 g/mol. The first kappa shape index (κ1) is 31.9. The fourth-order valence-corrected chi connectivity index (χ4v) is 3.87. The molecule has 0 heterocycles. The second kappa shape index (κ2) is 15.3. The van der Waals surface area contributed by atoms with Gasteiger partial charge in [-0.3, -0.25) is 9.59 Å². The Hall–Kier alpha value is -3.34. The topological polar surface area (TPSA) is 150 Å². The van der Waals surface area contributed by atoms with Gasteiger partial charge in [0.05, 0.1) is 18.1 Å². The van der Waals surface area contributed by atoms with Gasteiger partial charge in [-0.1, -0.05) is 25.3 Å². The maximum Gasteiger partial charge on any atom is 0.514 e. The summed E-state index contributed by atoms with van der Waals surface area (Å²) in [5, 5.41) is 0. The molecule has 11 heteroatoms. The summed E-state index contributed by atoms with van der Waals surface area (Å²) in [6.07, 6.45) is 0.613. The van der Waals surface area contributed by atoms with Gasteiger partial charge in [0, 0.05) is 0 Å². The first-order valence-electron chi connectivity index (χ1n) is 13.4. The number of hydrogen-bond acceptors (Lipinski definition) is 11. The van der Waals surface area contributed by atoms with E-state index in [0.717, 1.165) is 32.1 Å².